The molecule has 0 heterocycles. The van der Waals surface area contributed by atoms with Crippen molar-refractivity contribution >= 4 is 5.97 Å². The summed E-state index contributed by atoms with van der Waals surface area (Å²) in [5.41, 5.74) is 0. The molecule has 2 nitrogen and oxygen atoms in total. The molecule has 28 heavy (non-hydrogen) atoms. The Morgan fingerprint density at radius 1 is 0.643 bits per heavy atom. The minimum absolute atomic E-state index is 0.0221. The van der Waals surface area contributed by atoms with Gasteiger partial charge < -0.3 is 4.74 Å². The van der Waals surface area contributed by atoms with Crippen molar-refractivity contribution in [2.45, 2.75) is 143 Å². The minimum atomic E-state index is 0.0221. The van der Waals surface area contributed by atoms with Crippen LogP contribution in [0.2, 0.25) is 0 Å². The number of hydrogen-bond donors (Lipinski definition) is 0. The Kier molecular flexibility index (Phi) is 20.8. The summed E-state index contributed by atoms with van der Waals surface area (Å²) in [6.07, 6.45) is 24.9. The molecule has 0 saturated heterocycles. The van der Waals surface area contributed by atoms with Gasteiger partial charge in [0.15, 0.2) is 0 Å². The van der Waals surface area contributed by atoms with Gasteiger partial charge in [-0.1, -0.05) is 130 Å². The highest BCUT2D eigenvalue weighted by molar-refractivity contribution is 5.72. The van der Waals surface area contributed by atoms with Crippen LogP contribution < -0.4 is 0 Å². The smallest absolute Gasteiger partial charge is 0.308 e. The summed E-state index contributed by atoms with van der Waals surface area (Å²) in [6, 6.07) is 0. The van der Waals surface area contributed by atoms with E-state index >= 15 is 0 Å². The Hall–Kier alpha value is -0.530. The Bertz CT molecular complexity index is 326. The molecule has 0 saturated carbocycles. The van der Waals surface area contributed by atoms with Crippen LogP contribution in [0.5, 0.6) is 0 Å². The van der Waals surface area contributed by atoms with Crippen molar-refractivity contribution in [2.24, 2.45) is 11.8 Å². The molecule has 0 fully saturated rings. The van der Waals surface area contributed by atoms with Crippen LogP contribution in [-0.4, -0.2) is 13.1 Å². The van der Waals surface area contributed by atoms with Crippen LogP contribution in [0.25, 0.3) is 0 Å². The van der Waals surface area contributed by atoms with E-state index in [0.717, 1.165) is 12.8 Å². The fraction of sp³-hybridized carbons (Fsp3) is 0.962. The van der Waals surface area contributed by atoms with Gasteiger partial charge in [-0.05, 0) is 18.8 Å². The van der Waals surface area contributed by atoms with Crippen molar-refractivity contribution < 1.29 is 9.53 Å². The number of carbonyl (C=O) groups excluding carboxylic acids is 1. The predicted molar refractivity (Wildman–Crippen MR) is 124 cm³/mol. The van der Waals surface area contributed by atoms with E-state index in [0.29, 0.717) is 5.92 Å². The van der Waals surface area contributed by atoms with Crippen molar-refractivity contribution in [3.05, 3.63) is 0 Å². The van der Waals surface area contributed by atoms with E-state index in [1.54, 1.807) is 7.11 Å². The first-order chi connectivity index (χ1) is 13.7. The van der Waals surface area contributed by atoms with Crippen LogP contribution in [-0.2, 0) is 9.53 Å². The van der Waals surface area contributed by atoms with E-state index in [9.17, 15) is 4.79 Å². The van der Waals surface area contributed by atoms with E-state index < -0.39 is 0 Å². The van der Waals surface area contributed by atoms with Crippen LogP contribution in [0, 0.1) is 11.8 Å². The number of hydrogen-bond acceptors (Lipinski definition) is 2. The number of esters is 1. The zero-order chi connectivity index (χ0) is 20.9. The summed E-state index contributed by atoms with van der Waals surface area (Å²) in [5.74, 6) is 0.833. The van der Waals surface area contributed by atoms with Crippen molar-refractivity contribution in [2.75, 3.05) is 7.11 Å². The van der Waals surface area contributed by atoms with Crippen LogP contribution in [0.4, 0.5) is 0 Å². The second kappa shape index (κ2) is 21.2. The van der Waals surface area contributed by atoms with Gasteiger partial charge in [0, 0.05) is 0 Å². The van der Waals surface area contributed by atoms with Gasteiger partial charge in [0.25, 0.3) is 0 Å². The second-order valence-corrected chi connectivity index (χ2v) is 8.90. The van der Waals surface area contributed by atoms with Crippen molar-refractivity contribution in [3.8, 4) is 0 Å². The number of rotatable bonds is 21. The fourth-order valence-electron chi connectivity index (χ4n) is 4.29. The molecule has 0 N–H and O–H groups in total. The first-order valence-electron chi connectivity index (χ1n) is 12.8. The van der Waals surface area contributed by atoms with Crippen molar-refractivity contribution in [1.29, 1.82) is 0 Å². The molecule has 0 aromatic rings. The third kappa shape index (κ3) is 16.4. The molecular formula is C26H52O2. The third-order valence-corrected chi connectivity index (χ3v) is 6.35. The number of carbonyl (C=O) groups is 1. The zero-order valence-electron chi connectivity index (χ0n) is 19.9. The molecule has 0 radical (unpaired) electrons. The molecular weight excluding hydrogens is 344 g/mol. The molecule has 2 unspecified atom stereocenters. The van der Waals surface area contributed by atoms with Gasteiger partial charge in [0.1, 0.15) is 0 Å². The molecule has 2 atom stereocenters. The van der Waals surface area contributed by atoms with Crippen LogP contribution in [0.15, 0.2) is 0 Å². The molecule has 0 aliphatic rings. The first-order valence-corrected chi connectivity index (χ1v) is 12.8. The van der Waals surface area contributed by atoms with E-state index in [2.05, 4.69) is 20.8 Å². The van der Waals surface area contributed by atoms with E-state index in [-0.39, 0.29) is 11.9 Å². The molecule has 0 aliphatic heterocycles. The van der Waals surface area contributed by atoms with E-state index in [1.807, 2.05) is 0 Å². The minimum Gasteiger partial charge on any atom is -0.469 e. The Morgan fingerprint density at radius 3 is 1.54 bits per heavy atom. The van der Waals surface area contributed by atoms with E-state index in [4.69, 9.17) is 4.74 Å². The van der Waals surface area contributed by atoms with Gasteiger partial charge in [0.05, 0.1) is 13.0 Å². The van der Waals surface area contributed by atoms with Gasteiger partial charge in [-0.15, -0.1) is 0 Å². The lowest BCUT2D eigenvalue weighted by Gasteiger charge is -2.21. The average Bonchev–Trinajstić information content (AvgIpc) is 2.72. The number of unbranched alkanes of at least 4 members (excludes halogenated alkanes) is 13. The highest BCUT2D eigenvalue weighted by atomic mass is 16.5. The molecule has 2 heteroatoms. The molecule has 0 aromatic carbocycles. The highest BCUT2D eigenvalue weighted by Gasteiger charge is 2.22. The summed E-state index contributed by atoms with van der Waals surface area (Å²) in [4.78, 5) is 12.2. The SMILES string of the molecule is CCCCCCCCCCCCCCCC(CC(CC)CCCC)C(=O)OC. The Labute approximate surface area is 177 Å². The van der Waals surface area contributed by atoms with Crippen molar-refractivity contribution in [1.82, 2.24) is 0 Å². The largest absolute Gasteiger partial charge is 0.469 e. The van der Waals surface area contributed by atoms with Crippen LogP contribution in [0.1, 0.15) is 143 Å². The van der Waals surface area contributed by atoms with Gasteiger partial charge in [0.2, 0.25) is 0 Å². The number of methoxy groups -OCH3 is 1. The first kappa shape index (κ1) is 27.5. The molecule has 0 aliphatic carbocycles. The summed E-state index contributed by atoms with van der Waals surface area (Å²) in [7, 11) is 1.55. The molecule has 0 amide bonds. The monoisotopic (exact) mass is 396 g/mol. The molecule has 0 spiro atoms. The topological polar surface area (TPSA) is 26.3 Å². The Balaban J connectivity index is 3.72. The maximum Gasteiger partial charge on any atom is 0.308 e. The van der Waals surface area contributed by atoms with Gasteiger partial charge in [-0.25, -0.2) is 0 Å². The van der Waals surface area contributed by atoms with E-state index in [1.165, 1.54) is 109 Å². The predicted octanol–water partition coefficient (Wildman–Crippen LogP) is 8.86. The standard InChI is InChI=1S/C26H52O2/c1-5-8-10-11-12-13-14-15-16-17-18-19-20-22-25(26(27)28-4)23-24(7-3)21-9-6-2/h24-25H,5-23H2,1-4H3. The summed E-state index contributed by atoms with van der Waals surface area (Å²) >= 11 is 0. The molecule has 168 valence electrons. The van der Waals surface area contributed by atoms with Crippen LogP contribution >= 0.6 is 0 Å². The number of ether oxygens (including phenoxy) is 1. The van der Waals surface area contributed by atoms with Gasteiger partial charge in [-0.2, -0.15) is 0 Å². The van der Waals surface area contributed by atoms with Crippen LogP contribution in [0.3, 0.4) is 0 Å². The average molecular weight is 397 g/mol. The maximum atomic E-state index is 12.2. The third-order valence-electron chi connectivity index (χ3n) is 6.35. The highest BCUT2D eigenvalue weighted by Crippen LogP contribution is 2.26. The molecule has 0 bridgehead atoms. The van der Waals surface area contributed by atoms with Crippen molar-refractivity contribution in [3.63, 3.8) is 0 Å². The molecule has 0 rings (SSSR count). The zero-order valence-corrected chi connectivity index (χ0v) is 19.9. The Morgan fingerprint density at radius 2 is 1.11 bits per heavy atom. The summed E-state index contributed by atoms with van der Waals surface area (Å²) in [5, 5.41) is 0. The summed E-state index contributed by atoms with van der Waals surface area (Å²) in [6.45, 7) is 6.79. The lowest BCUT2D eigenvalue weighted by molar-refractivity contribution is -0.146. The lowest BCUT2D eigenvalue weighted by Crippen LogP contribution is -2.20. The fourth-order valence-corrected chi connectivity index (χ4v) is 4.29. The lowest BCUT2D eigenvalue weighted by atomic mass is 9.86. The summed E-state index contributed by atoms with van der Waals surface area (Å²) < 4.78 is 5.09. The quantitative estimate of drug-likeness (QED) is 0.143. The maximum absolute atomic E-state index is 12.2. The van der Waals surface area contributed by atoms with Gasteiger partial charge in [-0.3, -0.25) is 4.79 Å². The normalized spacial score (nSPS) is 13.4. The molecule has 0 aromatic heterocycles. The van der Waals surface area contributed by atoms with Gasteiger partial charge >= 0.3 is 5.97 Å². The second-order valence-electron chi connectivity index (χ2n) is 8.90.